The summed E-state index contributed by atoms with van der Waals surface area (Å²) < 4.78 is 11.0. The lowest BCUT2D eigenvalue weighted by molar-refractivity contribution is -0.189. The average Bonchev–Trinajstić information content (AvgIpc) is 2.39. The first-order chi connectivity index (χ1) is 9.11. The van der Waals surface area contributed by atoms with Gasteiger partial charge in [-0.1, -0.05) is 6.92 Å². The fraction of sp³-hybridized carbons (Fsp3) is 0.933. The van der Waals surface area contributed by atoms with Gasteiger partial charge in [0.15, 0.2) is 0 Å². The summed E-state index contributed by atoms with van der Waals surface area (Å²) in [7, 11) is 0. The summed E-state index contributed by atoms with van der Waals surface area (Å²) in [6.07, 6.45) is 6.03. The van der Waals surface area contributed by atoms with Crippen molar-refractivity contribution >= 4 is 5.97 Å². The average molecular weight is 268 g/mol. The Balaban J connectivity index is 1.41. The van der Waals surface area contributed by atoms with Crippen LogP contribution in [-0.4, -0.2) is 36.0 Å². The zero-order chi connectivity index (χ0) is 13.4. The van der Waals surface area contributed by atoms with E-state index in [1.54, 1.807) is 0 Å². The van der Waals surface area contributed by atoms with Gasteiger partial charge in [-0.05, 0) is 50.4 Å². The van der Waals surface area contributed by atoms with Crippen molar-refractivity contribution in [3.8, 4) is 0 Å². The number of ether oxygens (including phenoxy) is 2. The van der Waals surface area contributed by atoms with E-state index < -0.39 is 0 Å². The highest BCUT2D eigenvalue weighted by Crippen LogP contribution is 2.39. The van der Waals surface area contributed by atoms with Gasteiger partial charge in [-0.15, -0.1) is 0 Å². The van der Waals surface area contributed by atoms with Crippen LogP contribution in [0.5, 0.6) is 0 Å². The quantitative estimate of drug-likeness (QED) is 0.794. The maximum absolute atomic E-state index is 12.0. The Morgan fingerprint density at radius 1 is 1.21 bits per heavy atom. The predicted molar refractivity (Wildman–Crippen MR) is 69.5 cm³/mol. The van der Waals surface area contributed by atoms with E-state index in [9.17, 15) is 9.90 Å². The molecule has 4 fully saturated rings. The van der Waals surface area contributed by atoms with Gasteiger partial charge in [-0.2, -0.15) is 0 Å². The van der Waals surface area contributed by atoms with Crippen LogP contribution in [0.1, 0.15) is 45.4 Å². The van der Waals surface area contributed by atoms with Gasteiger partial charge in [0, 0.05) is 0 Å². The molecule has 0 aromatic rings. The maximum Gasteiger partial charge on any atom is 0.309 e. The maximum atomic E-state index is 12.0. The molecule has 2 saturated carbocycles. The Bertz CT molecular complexity index is 327. The van der Waals surface area contributed by atoms with Gasteiger partial charge in [-0.25, -0.2) is 0 Å². The second-order valence-electron chi connectivity index (χ2n) is 6.64. The molecule has 4 heteroatoms. The zero-order valence-corrected chi connectivity index (χ0v) is 11.6. The Morgan fingerprint density at radius 2 is 1.89 bits per heavy atom. The molecule has 19 heavy (non-hydrogen) atoms. The van der Waals surface area contributed by atoms with Crippen molar-refractivity contribution in [1.82, 2.24) is 0 Å². The molecule has 0 amide bonds. The van der Waals surface area contributed by atoms with Gasteiger partial charge >= 0.3 is 5.97 Å². The number of carbonyl (C=O) groups is 1. The first-order valence-electron chi connectivity index (χ1n) is 7.62. The zero-order valence-electron chi connectivity index (χ0n) is 11.6. The highest BCUT2D eigenvalue weighted by Gasteiger charge is 2.42. The summed E-state index contributed by atoms with van der Waals surface area (Å²) in [5, 5.41) is 9.69. The van der Waals surface area contributed by atoms with E-state index in [0.29, 0.717) is 30.7 Å². The molecule has 108 valence electrons. The number of hydrogen-bond acceptors (Lipinski definition) is 4. The topological polar surface area (TPSA) is 55.8 Å². The molecular weight excluding hydrogens is 244 g/mol. The van der Waals surface area contributed by atoms with E-state index in [4.69, 9.17) is 9.47 Å². The minimum atomic E-state index is -0.172. The first kappa shape index (κ1) is 13.4. The van der Waals surface area contributed by atoms with Crippen LogP contribution in [0, 0.1) is 17.8 Å². The van der Waals surface area contributed by atoms with Gasteiger partial charge < -0.3 is 14.6 Å². The molecule has 2 heterocycles. The number of aliphatic hydroxyl groups excluding tert-OH is 1. The molecular formula is C15H24O4. The van der Waals surface area contributed by atoms with E-state index in [0.717, 1.165) is 38.5 Å². The lowest BCUT2D eigenvalue weighted by atomic mass is 9.80. The summed E-state index contributed by atoms with van der Waals surface area (Å²) in [6, 6.07) is 0. The van der Waals surface area contributed by atoms with E-state index in [1.807, 2.05) is 0 Å². The van der Waals surface area contributed by atoms with Crippen LogP contribution < -0.4 is 0 Å². The lowest BCUT2D eigenvalue weighted by Crippen LogP contribution is -2.47. The summed E-state index contributed by atoms with van der Waals surface area (Å²) in [5.74, 6) is 0.783. The highest BCUT2D eigenvalue weighted by molar-refractivity contribution is 5.72. The number of fused-ring (bicyclic) bond motifs is 2. The molecule has 0 aromatic heterocycles. The third kappa shape index (κ3) is 2.95. The van der Waals surface area contributed by atoms with Crippen LogP contribution in [0.25, 0.3) is 0 Å². The third-order valence-electron chi connectivity index (χ3n) is 5.03. The Morgan fingerprint density at radius 3 is 2.53 bits per heavy atom. The van der Waals surface area contributed by atoms with Crippen molar-refractivity contribution in [2.24, 2.45) is 17.8 Å². The van der Waals surface area contributed by atoms with Crippen molar-refractivity contribution in [1.29, 1.82) is 0 Å². The van der Waals surface area contributed by atoms with E-state index in [-0.39, 0.29) is 18.0 Å². The standard InChI is InChI=1S/C15H24O4/c1-9-4-10(2-3-14(9)16)8-18-15(17)11-5-12-7-13(6-11)19-12/h9-14,16H,2-8H2,1H3. The van der Waals surface area contributed by atoms with Gasteiger partial charge in [0.05, 0.1) is 30.8 Å². The summed E-state index contributed by atoms with van der Waals surface area (Å²) in [6.45, 7) is 2.60. The summed E-state index contributed by atoms with van der Waals surface area (Å²) in [5.41, 5.74) is 0. The van der Waals surface area contributed by atoms with Crippen LogP contribution in [0.15, 0.2) is 0 Å². The number of aliphatic hydroxyl groups is 1. The Labute approximate surface area is 114 Å². The smallest absolute Gasteiger partial charge is 0.309 e. The van der Waals surface area contributed by atoms with Gasteiger partial charge in [0.25, 0.3) is 0 Å². The predicted octanol–water partition coefficient (Wildman–Crippen LogP) is 1.89. The molecule has 2 bridgehead atoms. The molecule has 1 N–H and O–H groups in total. The molecule has 2 aliphatic heterocycles. The largest absolute Gasteiger partial charge is 0.465 e. The third-order valence-corrected chi connectivity index (χ3v) is 5.03. The first-order valence-corrected chi connectivity index (χ1v) is 7.62. The number of rotatable bonds is 3. The Hall–Kier alpha value is -0.610. The van der Waals surface area contributed by atoms with Crippen molar-refractivity contribution in [3.05, 3.63) is 0 Å². The SMILES string of the molecule is CC1CC(COC(=O)C2CC3CC(C2)O3)CCC1O. The molecule has 4 rings (SSSR count). The molecule has 2 aliphatic carbocycles. The van der Waals surface area contributed by atoms with Crippen LogP contribution in [-0.2, 0) is 14.3 Å². The van der Waals surface area contributed by atoms with Gasteiger partial charge in [-0.3, -0.25) is 4.79 Å². The second-order valence-corrected chi connectivity index (χ2v) is 6.64. The monoisotopic (exact) mass is 268 g/mol. The molecule has 0 radical (unpaired) electrons. The fourth-order valence-corrected chi connectivity index (χ4v) is 3.74. The van der Waals surface area contributed by atoms with Crippen LogP contribution in [0.2, 0.25) is 0 Å². The number of hydrogen-bond donors (Lipinski definition) is 1. The molecule has 4 nitrogen and oxygen atoms in total. The molecule has 5 unspecified atom stereocenters. The number of esters is 1. The molecule has 4 aliphatic rings. The summed E-state index contributed by atoms with van der Waals surface area (Å²) in [4.78, 5) is 12.0. The van der Waals surface area contributed by atoms with Crippen molar-refractivity contribution in [3.63, 3.8) is 0 Å². The molecule has 0 spiro atoms. The fourth-order valence-electron chi connectivity index (χ4n) is 3.74. The minimum Gasteiger partial charge on any atom is -0.465 e. The van der Waals surface area contributed by atoms with Crippen LogP contribution in [0.3, 0.4) is 0 Å². The van der Waals surface area contributed by atoms with Crippen LogP contribution in [0.4, 0.5) is 0 Å². The minimum absolute atomic E-state index is 0.0308. The second kappa shape index (κ2) is 5.41. The summed E-state index contributed by atoms with van der Waals surface area (Å²) >= 11 is 0. The van der Waals surface area contributed by atoms with Gasteiger partial charge in [0.2, 0.25) is 0 Å². The van der Waals surface area contributed by atoms with E-state index in [2.05, 4.69) is 6.92 Å². The highest BCUT2D eigenvalue weighted by atomic mass is 16.5. The number of carbonyl (C=O) groups excluding carboxylic acids is 1. The molecule has 0 aromatic carbocycles. The molecule has 2 saturated heterocycles. The van der Waals surface area contributed by atoms with Crippen molar-refractivity contribution in [2.45, 2.75) is 63.8 Å². The molecule has 5 atom stereocenters. The van der Waals surface area contributed by atoms with Crippen molar-refractivity contribution < 1.29 is 19.4 Å². The Kier molecular flexibility index (Phi) is 3.81. The lowest BCUT2D eigenvalue weighted by Gasteiger charge is -2.44. The van der Waals surface area contributed by atoms with Crippen LogP contribution >= 0.6 is 0 Å². The van der Waals surface area contributed by atoms with E-state index in [1.165, 1.54) is 0 Å². The van der Waals surface area contributed by atoms with E-state index >= 15 is 0 Å². The van der Waals surface area contributed by atoms with Crippen molar-refractivity contribution in [2.75, 3.05) is 6.61 Å². The van der Waals surface area contributed by atoms with Gasteiger partial charge in [0.1, 0.15) is 0 Å². The normalized spacial score (nSPS) is 45.4.